The summed E-state index contributed by atoms with van der Waals surface area (Å²) in [5.74, 6) is 0.924. The average molecular weight is 303 g/mol. The summed E-state index contributed by atoms with van der Waals surface area (Å²) < 4.78 is 0. The molecule has 0 aliphatic carbocycles. The monoisotopic (exact) mass is 303 g/mol. The molecule has 0 unspecified atom stereocenters. The van der Waals surface area contributed by atoms with Crippen molar-refractivity contribution in [1.82, 2.24) is 20.3 Å². The van der Waals surface area contributed by atoms with E-state index in [4.69, 9.17) is 5.11 Å². The van der Waals surface area contributed by atoms with Crippen LogP contribution in [0.4, 0.5) is 5.82 Å². The number of aliphatic hydroxyl groups excluding tert-OH is 1. The molecule has 0 radical (unpaired) electrons. The highest BCUT2D eigenvalue weighted by molar-refractivity contribution is 5.88. The van der Waals surface area contributed by atoms with Gasteiger partial charge in [-0.15, -0.1) is 0 Å². The maximum Gasteiger partial charge on any atom is 0.224 e. The number of nitrogens with one attached hydrogen (secondary N) is 2. The number of hydrogen-bond acceptors (Lipinski definition) is 5. The molecule has 0 spiro atoms. The van der Waals surface area contributed by atoms with Crippen LogP contribution in [0.3, 0.4) is 0 Å². The van der Waals surface area contributed by atoms with Gasteiger partial charge in [-0.1, -0.05) is 0 Å². The lowest BCUT2D eigenvalue weighted by atomic mass is 9.97. The number of amides is 1. The molecule has 0 saturated carbocycles. The van der Waals surface area contributed by atoms with Crippen LogP contribution in [-0.4, -0.2) is 52.2 Å². The van der Waals surface area contributed by atoms with Crippen molar-refractivity contribution in [2.45, 2.75) is 19.3 Å². The van der Waals surface area contributed by atoms with Crippen LogP contribution in [0.15, 0.2) is 18.6 Å². The minimum Gasteiger partial charge on any atom is -0.396 e. The van der Waals surface area contributed by atoms with Crippen molar-refractivity contribution in [2.24, 2.45) is 5.92 Å². The number of fused-ring (bicyclic) bond motifs is 1. The van der Waals surface area contributed by atoms with Crippen molar-refractivity contribution < 1.29 is 9.90 Å². The SMILES string of the molecule is O=C(NCCCO)[C@H]1CCCN(c2ncnc3[nH]ccc23)C1. The second kappa shape index (κ2) is 6.74. The standard InChI is InChI=1S/C15H21N5O2/c21-8-2-5-17-15(22)11-3-1-7-20(9-11)14-12-4-6-16-13(12)18-10-19-14/h4,6,10-11,21H,1-3,5,7-9H2,(H,17,22)(H,16,18,19)/t11-/m0/s1. The molecule has 1 aliphatic rings. The van der Waals surface area contributed by atoms with Gasteiger partial charge in [-0.3, -0.25) is 4.79 Å². The number of carbonyl (C=O) groups is 1. The van der Waals surface area contributed by atoms with E-state index in [2.05, 4.69) is 25.2 Å². The van der Waals surface area contributed by atoms with Crippen molar-refractivity contribution in [3.05, 3.63) is 18.6 Å². The molecular weight excluding hydrogens is 282 g/mol. The normalized spacial score (nSPS) is 18.6. The van der Waals surface area contributed by atoms with E-state index in [0.717, 1.165) is 36.2 Å². The first-order valence-corrected chi connectivity index (χ1v) is 7.71. The average Bonchev–Trinajstić information content (AvgIpc) is 3.03. The summed E-state index contributed by atoms with van der Waals surface area (Å²) in [6.45, 7) is 2.20. The predicted octanol–water partition coefficient (Wildman–Crippen LogP) is 0.673. The number of hydrogen-bond donors (Lipinski definition) is 3. The lowest BCUT2D eigenvalue weighted by Crippen LogP contribution is -2.43. The molecule has 7 nitrogen and oxygen atoms in total. The van der Waals surface area contributed by atoms with E-state index in [1.807, 2.05) is 12.3 Å². The fourth-order valence-electron chi connectivity index (χ4n) is 2.93. The van der Waals surface area contributed by atoms with Crippen LogP contribution >= 0.6 is 0 Å². The third-order valence-corrected chi connectivity index (χ3v) is 4.06. The molecule has 1 saturated heterocycles. The van der Waals surface area contributed by atoms with Crippen molar-refractivity contribution in [2.75, 3.05) is 31.1 Å². The van der Waals surface area contributed by atoms with Gasteiger partial charge < -0.3 is 20.3 Å². The number of H-pyrrole nitrogens is 1. The number of piperidine rings is 1. The highest BCUT2D eigenvalue weighted by Crippen LogP contribution is 2.26. The molecule has 3 N–H and O–H groups in total. The van der Waals surface area contributed by atoms with Gasteiger partial charge in [-0.25, -0.2) is 9.97 Å². The van der Waals surface area contributed by atoms with Crippen molar-refractivity contribution >= 4 is 22.8 Å². The number of aliphatic hydroxyl groups is 1. The van der Waals surface area contributed by atoms with Gasteiger partial charge in [0.1, 0.15) is 17.8 Å². The Balaban J connectivity index is 1.70. The first-order valence-electron chi connectivity index (χ1n) is 7.71. The Kier molecular flexibility index (Phi) is 4.53. The Bertz CT molecular complexity index is 642. The van der Waals surface area contributed by atoms with Crippen molar-refractivity contribution in [3.8, 4) is 0 Å². The molecule has 3 rings (SSSR count). The fraction of sp³-hybridized carbons (Fsp3) is 0.533. The van der Waals surface area contributed by atoms with E-state index in [9.17, 15) is 4.79 Å². The number of aromatic nitrogens is 3. The third kappa shape index (κ3) is 3.04. The summed E-state index contributed by atoms with van der Waals surface area (Å²) >= 11 is 0. The highest BCUT2D eigenvalue weighted by atomic mass is 16.3. The van der Waals surface area contributed by atoms with Crippen molar-refractivity contribution in [3.63, 3.8) is 0 Å². The predicted molar refractivity (Wildman–Crippen MR) is 83.5 cm³/mol. The lowest BCUT2D eigenvalue weighted by molar-refractivity contribution is -0.125. The number of aromatic amines is 1. The molecule has 2 aromatic rings. The molecule has 3 heterocycles. The largest absolute Gasteiger partial charge is 0.396 e. The Morgan fingerprint density at radius 2 is 2.41 bits per heavy atom. The van der Waals surface area contributed by atoms with Crippen LogP contribution in [0.5, 0.6) is 0 Å². The first kappa shape index (κ1) is 14.8. The Morgan fingerprint density at radius 3 is 3.27 bits per heavy atom. The van der Waals surface area contributed by atoms with E-state index in [-0.39, 0.29) is 18.4 Å². The van der Waals surface area contributed by atoms with Crippen LogP contribution < -0.4 is 10.2 Å². The van der Waals surface area contributed by atoms with Crippen LogP contribution in [0.1, 0.15) is 19.3 Å². The molecule has 1 amide bonds. The zero-order valence-electron chi connectivity index (χ0n) is 12.5. The van der Waals surface area contributed by atoms with Gasteiger partial charge in [0.2, 0.25) is 5.91 Å². The van der Waals surface area contributed by atoms with Crippen molar-refractivity contribution in [1.29, 1.82) is 0 Å². The topological polar surface area (TPSA) is 94.1 Å². The van der Waals surface area contributed by atoms with E-state index in [1.54, 1.807) is 6.33 Å². The van der Waals surface area contributed by atoms with Gasteiger partial charge in [-0.2, -0.15) is 0 Å². The maximum atomic E-state index is 12.2. The Labute approximate surface area is 128 Å². The Hall–Kier alpha value is -2.15. The summed E-state index contributed by atoms with van der Waals surface area (Å²) in [5.41, 5.74) is 0.819. The molecule has 7 heteroatoms. The van der Waals surface area contributed by atoms with Crippen LogP contribution in [-0.2, 0) is 4.79 Å². The fourth-order valence-corrected chi connectivity index (χ4v) is 2.93. The molecule has 118 valence electrons. The molecule has 1 atom stereocenters. The van der Waals surface area contributed by atoms with E-state index < -0.39 is 0 Å². The van der Waals surface area contributed by atoms with Crippen LogP contribution in [0.2, 0.25) is 0 Å². The minimum absolute atomic E-state index is 0.0311. The number of anilines is 1. The quantitative estimate of drug-likeness (QED) is 0.706. The summed E-state index contributed by atoms with van der Waals surface area (Å²) in [6.07, 6.45) is 5.86. The van der Waals surface area contributed by atoms with E-state index >= 15 is 0 Å². The lowest BCUT2D eigenvalue weighted by Gasteiger charge is -2.33. The van der Waals surface area contributed by atoms with Gasteiger partial charge in [0, 0.05) is 32.4 Å². The molecule has 1 aliphatic heterocycles. The van der Waals surface area contributed by atoms with Gasteiger partial charge in [0.15, 0.2) is 0 Å². The first-order chi connectivity index (χ1) is 10.8. The Morgan fingerprint density at radius 1 is 1.50 bits per heavy atom. The zero-order chi connectivity index (χ0) is 15.4. The maximum absolute atomic E-state index is 12.2. The molecular formula is C15H21N5O2. The van der Waals surface area contributed by atoms with Gasteiger partial charge in [0.25, 0.3) is 0 Å². The second-order valence-electron chi connectivity index (χ2n) is 5.59. The second-order valence-corrected chi connectivity index (χ2v) is 5.59. The third-order valence-electron chi connectivity index (χ3n) is 4.06. The number of carbonyl (C=O) groups excluding carboxylic acids is 1. The highest BCUT2D eigenvalue weighted by Gasteiger charge is 2.27. The number of nitrogens with zero attached hydrogens (tertiary/aromatic N) is 3. The summed E-state index contributed by atoms with van der Waals surface area (Å²) in [4.78, 5) is 26.1. The smallest absolute Gasteiger partial charge is 0.224 e. The molecule has 0 bridgehead atoms. The van der Waals surface area contributed by atoms with Gasteiger partial charge >= 0.3 is 0 Å². The van der Waals surface area contributed by atoms with E-state index in [1.165, 1.54) is 0 Å². The molecule has 22 heavy (non-hydrogen) atoms. The summed E-state index contributed by atoms with van der Waals surface area (Å²) in [6, 6.07) is 1.97. The summed E-state index contributed by atoms with van der Waals surface area (Å²) in [5, 5.41) is 12.7. The van der Waals surface area contributed by atoms with Crippen LogP contribution in [0.25, 0.3) is 11.0 Å². The van der Waals surface area contributed by atoms with Crippen LogP contribution in [0, 0.1) is 5.92 Å². The van der Waals surface area contributed by atoms with Gasteiger partial charge in [-0.05, 0) is 25.3 Å². The summed E-state index contributed by atoms with van der Waals surface area (Å²) in [7, 11) is 0. The number of rotatable bonds is 5. The van der Waals surface area contributed by atoms with E-state index in [0.29, 0.717) is 19.5 Å². The zero-order valence-corrected chi connectivity index (χ0v) is 12.5. The molecule has 2 aromatic heterocycles. The molecule has 0 aromatic carbocycles. The minimum atomic E-state index is -0.0311. The molecule has 1 fully saturated rings. The van der Waals surface area contributed by atoms with Gasteiger partial charge in [0.05, 0.1) is 11.3 Å².